The van der Waals surface area contributed by atoms with Gasteiger partial charge in [0.05, 0.1) is 55.9 Å². The lowest BCUT2D eigenvalue weighted by Gasteiger charge is -2.20. The highest BCUT2D eigenvalue weighted by molar-refractivity contribution is 7.98. The molecule has 1 amide bonds. The summed E-state index contributed by atoms with van der Waals surface area (Å²) in [5.41, 5.74) is 3.49. The van der Waals surface area contributed by atoms with Crippen molar-refractivity contribution >= 4 is 17.7 Å². The number of aryl methyl sites for hydroxylation is 1. The number of rotatable bonds is 9. The monoisotopic (exact) mass is 579 g/mol. The predicted molar refractivity (Wildman–Crippen MR) is 149 cm³/mol. The van der Waals surface area contributed by atoms with Crippen LogP contribution in [0.5, 0.6) is 17.2 Å². The van der Waals surface area contributed by atoms with Gasteiger partial charge in [-0.05, 0) is 77.7 Å². The van der Waals surface area contributed by atoms with E-state index in [1.54, 1.807) is 19.2 Å². The van der Waals surface area contributed by atoms with Gasteiger partial charge in [0.25, 0.3) is 5.91 Å². The maximum absolute atomic E-state index is 13.5. The van der Waals surface area contributed by atoms with Gasteiger partial charge in [0, 0.05) is 11.1 Å². The highest BCUT2D eigenvalue weighted by Gasteiger charge is 2.30. The number of benzene rings is 2. The Morgan fingerprint density at radius 1 is 1.10 bits per heavy atom. The minimum absolute atomic E-state index is 0.184. The van der Waals surface area contributed by atoms with Crippen LogP contribution in [0.1, 0.15) is 45.1 Å². The van der Waals surface area contributed by atoms with Crippen molar-refractivity contribution in [3.05, 3.63) is 80.5 Å². The quantitative estimate of drug-likeness (QED) is 0.246. The number of ether oxygens (including phenoxy) is 3. The van der Waals surface area contributed by atoms with Crippen LogP contribution < -0.4 is 25.0 Å². The van der Waals surface area contributed by atoms with Crippen LogP contribution in [0.4, 0.5) is 0 Å². The molecule has 0 unspecified atom stereocenters. The maximum atomic E-state index is 13.5. The van der Waals surface area contributed by atoms with Crippen LogP contribution >= 0.6 is 11.8 Å². The number of nitriles is 1. The van der Waals surface area contributed by atoms with Gasteiger partial charge >= 0.3 is 0 Å². The molecule has 0 saturated carbocycles. The van der Waals surface area contributed by atoms with Crippen molar-refractivity contribution < 1.29 is 34.3 Å². The number of carbonyl (C=O) groups excluding carboxylic acids is 1. The Hall–Kier alpha value is -4.12. The summed E-state index contributed by atoms with van der Waals surface area (Å²) in [6.07, 6.45) is 2.80. The van der Waals surface area contributed by atoms with Gasteiger partial charge in [-0.1, -0.05) is 6.07 Å². The molecule has 41 heavy (non-hydrogen) atoms. The fourth-order valence-corrected chi connectivity index (χ4v) is 5.41. The molecule has 1 atom stereocenters. The van der Waals surface area contributed by atoms with E-state index in [2.05, 4.69) is 10.2 Å². The van der Waals surface area contributed by atoms with Crippen LogP contribution in [-0.2, 0) is 17.9 Å². The highest BCUT2D eigenvalue weighted by Crippen LogP contribution is 2.50. The molecule has 0 fully saturated rings. The first-order chi connectivity index (χ1) is 19.8. The smallest absolute Gasteiger partial charge is 0.251 e. The summed E-state index contributed by atoms with van der Waals surface area (Å²) >= 11 is 1.33. The van der Waals surface area contributed by atoms with E-state index in [-0.39, 0.29) is 28.7 Å². The Bertz CT molecular complexity index is 1570. The van der Waals surface area contributed by atoms with Crippen molar-refractivity contribution in [1.29, 1.82) is 5.26 Å². The average molecular weight is 580 g/mol. The lowest BCUT2D eigenvalue weighted by Crippen LogP contribution is -2.29. The van der Waals surface area contributed by atoms with Gasteiger partial charge in [0.15, 0.2) is 16.9 Å². The van der Waals surface area contributed by atoms with E-state index in [0.717, 1.165) is 11.1 Å². The van der Waals surface area contributed by atoms with Crippen molar-refractivity contribution in [3.63, 3.8) is 0 Å². The van der Waals surface area contributed by atoms with Crippen LogP contribution in [0.2, 0.25) is 0 Å². The fourth-order valence-electron chi connectivity index (χ4n) is 4.95. The van der Waals surface area contributed by atoms with Gasteiger partial charge in [-0.2, -0.15) is 5.26 Å². The predicted octanol–water partition coefficient (Wildman–Crippen LogP) is 4.26. The maximum Gasteiger partial charge on any atom is 0.251 e. The fraction of sp³-hybridized carbons (Fsp3) is 0.276. The lowest BCUT2D eigenvalue weighted by molar-refractivity contribution is -0.497. The number of nitrogens with zero attached hydrogens (tertiary/aromatic N) is 2. The molecule has 0 heterocycles. The molecular weight excluding hydrogens is 550 g/mol. The summed E-state index contributed by atoms with van der Waals surface area (Å²) in [7, 11) is 4.60. The van der Waals surface area contributed by atoms with Crippen molar-refractivity contribution in [2.24, 2.45) is 0 Å². The van der Waals surface area contributed by atoms with Crippen LogP contribution in [0.15, 0.2) is 52.2 Å². The summed E-state index contributed by atoms with van der Waals surface area (Å²) in [5.74, 6) is 0.919. The van der Waals surface area contributed by atoms with Gasteiger partial charge in [-0.3, -0.25) is 20.0 Å². The molecule has 214 valence electrons. The first-order valence-electron chi connectivity index (χ1n) is 12.4. The molecule has 12 heteroatoms. The molecule has 3 N–H and O–H groups in total. The molecule has 0 spiro atoms. The van der Waals surface area contributed by atoms with E-state index in [0.29, 0.717) is 46.1 Å². The topological polar surface area (TPSA) is 151 Å². The second kappa shape index (κ2) is 13.0. The average Bonchev–Trinajstić information content (AvgIpc) is 3.22. The first-order valence-corrected chi connectivity index (χ1v) is 13.7. The second-order valence-electron chi connectivity index (χ2n) is 9.03. The second-order valence-corrected chi connectivity index (χ2v) is 9.88. The number of hydrogen-bond acceptors (Lipinski definition) is 11. The molecule has 1 aliphatic rings. The van der Waals surface area contributed by atoms with E-state index in [9.17, 15) is 14.9 Å². The Kier molecular flexibility index (Phi) is 9.49. The van der Waals surface area contributed by atoms with Crippen molar-refractivity contribution in [2.45, 2.75) is 30.4 Å². The van der Waals surface area contributed by atoms with E-state index < -0.39 is 17.3 Å². The third-order valence-electron chi connectivity index (χ3n) is 6.85. The Morgan fingerprint density at radius 3 is 2.49 bits per heavy atom. The first kappa shape index (κ1) is 29.9. The molecule has 4 rings (SSSR count). The van der Waals surface area contributed by atoms with Crippen molar-refractivity contribution in [1.82, 2.24) is 10.7 Å². The molecule has 0 aromatic heterocycles. The van der Waals surface area contributed by atoms with Gasteiger partial charge in [-0.25, -0.2) is 4.84 Å². The minimum Gasteiger partial charge on any atom is -0.493 e. The standard InChI is InChI=1S/C29H29N3O8S/c1-37-24-12-16-7-9-22(31-29(34)17-5-6-18(14-30)19(11-17)15-40-32(35)36)21-13-23(33)25(41-4)10-8-20(21)26(16)28(39-3)27(24)38-2/h5-6,8,10-13,22,35-36H,7,9,15H2,1-4H3,(H,31,34)/t22-/m0/s1. The number of nitrogens with one attached hydrogen (secondary N) is 1. The number of carbonyl (C=O) groups is 1. The number of methoxy groups -OCH3 is 3. The number of amides is 1. The third kappa shape index (κ3) is 6.14. The molecule has 0 bridgehead atoms. The SMILES string of the molecule is COc1cc2c(c(OC)c1OC)-c1ccc(SC)c(=O)cc1[C@@H](NC(=O)c1ccc(C#N)c(CON(O)O)c1)CC2. The number of thioether (sulfide) groups is 1. The molecule has 0 aliphatic heterocycles. The van der Waals surface area contributed by atoms with E-state index in [1.807, 2.05) is 24.5 Å². The summed E-state index contributed by atoms with van der Waals surface area (Å²) < 4.78 is 17.0. The zero-order valence-electron chi connectivity index (χ0n) is 22.9. The zero-order chi connectivity index (χ0) is 29.7. The van der Waals surface area contributed by atoms with Crippen molar-refractivity contribution in [3.8, 4) is 34.4 Å². The van der Waals surface area contributed by atoms with E-state index in [4.69, 9.17) is 24.6 Å². The Labute approximate surface area is 240 Å². The van der Waals surface area contributed by atoms with Gasteiger partial charge in [0.2, 0.25) is 5.75 Å². The van der Waals surface area contributed by atoms with Crippen molar-refractivity contribution in [2.75, 3.05) is 27.6 Å². The minimum atomic E-state index is -0.567. The molecule has 1 aliphatic carbocycles. The summed E-state index contributed by atoms with van der Waals surface area (Å²) in [4.78, 5) is 31.9. The molecule has 0 saturated heterocycles. The van der Waals surface area contributed by atoms with Gasteiger partial charge < -0.3 is 19.5 Å². The number of hydrogen-bond donors (Lipinski definition) is 3. The van der Waals surface area contributed by atoms with Gasteiger partial charge in [0.1, 0.15) is 0 Å². The summed E-state index contributed by atoms with van der Waals surface area (Å²) in [6.45, 7) is -0.352. The molecule has 0 radical (unpaired) electrons. The largest absolute Gasteiger partial charge is 0.493 e. The Balaban J connectivity index is 1.84. The summed E-state index contributed by atoms with van der Waals surface area (Å²) in [6, 6.07) is 12.8. The summed E-state index contributed by atoms with van der Waals surface area (Å²) in [5, 5.41) is 29.8. The van der Waals surface area contributed by atoms with Crippen LogP contribution in [-0.4, -0.2) is 49.3 Å². The lowest BCUT2D eigenvalue weighted by atomic mass is 9.95. The normalized spacial score (nSPS) is 13.9. The highest BCUT2D eigenvalue weighted by atomic mass is 32.2. The van der Waals surface area contributed by atoms with E-state index in [1.165, 1.54) is 44.2 Å². The third-order valence-corrected chi connectivity index (χ3v) is 7.63. The molecule has 3 aromatic rings. The Morgan fingerprint density at radius 2 is 1.85 bits per heavy atom. The van der Waals surface area contributed by atoms with Crippen LogP contribution in [0.25, 0.3) is 11.1 Å². The number of fused-ring (bicyclic) bond motifs is 3. The van der Waals surface area contributed by atoms with Crippen LogP contribution in [0.3, 0.4) is 0 Å². The van der Waals surface area contributed by atoms with Crippen LogP contribution in [0, 0.1) is 11.3 Å². The molecule has 3 aromatic carbocycles. The zero-order valence-corrected chi connectivity index (χ0v) is 23.7. The molecular formula is C29H29N3O8S. The van der Waals surface area contributed by atoms with Gasteiger partial charge in [-0.15, -0.1) is 11.8 Å². The molecule has 11 nitrogen and oxygen atoms in total. The van der Waals surface area contributed by atoms with E-state index >= 15 is 0 Å².